The lowest BCUT2D eigenvalue weighted by molar-refractivity contribution is -0.138. The predicted molar refractivity (Wildman–Crippen MR) is 98.1 cm³/mol. The van der Waals surface area contributed by atoms with Crippen LogP contribution in [0.2, 0.25) is 0 Å². The number of carbonyl (C=O) groups is 2. The zero-order chi connectivity index (χ0) is 17.9. The maximum Gasteiger partial charge on any atom is 0.253 e. The molecule has 2 aromatic rings. The van der Waals surface area contributed by atoms with Gasteiger partial charge < -0.3 is 14.5 Å². The highest BCUT2D eigenvalue weighted by atomic mass is 16.5. The van der Waals surface area contributed by atoms with E-state index in [0.717, 1.165) is 17.7 Å². The van der Waals surface area contributed by atoms with Crippen LogP contribution in [0, 0.1) is 5.92 Å². The monoisotopic (exact) mass is 350 g/mol. The average molecular weight is 350 g/mol. The molecular formula is C21H22N2O3. The van der Waals surface area contributed by atoms with Gasteiger partial charge in [0.25, 0.3) is 5.91 Å². The number of ether oxygens (including phenoxy) is 1. The number of hydrogen-bond donors (Lipinski definition) is 0. The molecule has 0 radical (unpaired) electrons. The smallest absolute Gasteiger partial charge is 0.253 e. The first-order chi connectivity index (χ1) is 12.7. The third-order valence-corrected chi connectivity index (χ3v) is 5.13. The van der Waals surface area contributed by atoms with Gasteiger partial charge in [-0.15, -0.1) is 0 Å². The molecule has 5 heteroatoms. The lowest BCUT2D eigenvalue weighted by Crippen LogP contribution is -2.53. The molecule has 2 heterocycles. The second-order valence-corrected chi connectivity index (χ2v) is 6.80. The van der Waals surface area contributed by atoms with Crippen LogP contribution in [0.5, 0.6) is 5.75 Å². The summed E-state index contributed by atoms with van der Waals surface area (Å²) >= 11 is 0. The Morgan fingerprint density at radius 2 is 1.50 bits per heavy atom. The number of hydrogen-bond acceptors (Lipinski definition) is 3. The van der Waals surface area contributed by atoms with Crippen LogP contribution in [0.4, 0.5) is 0 Å². The van der Waals surface area contributed by atoms with Gasteiger partial charge in [-0.2, -0.15) is 0 Å². The number of piperazine rings is 1. The Morgan fingerprint density at radius 1 is 0.846 bits per heavy atom. The van der Waals surface area contributed by atoms with Crippen LogP contribution in [0.3, 0.4) is 0 Å². The van der Waals surface area contributed by atoms with Crippen LogP contribution < -0.4 is 4.74 Å². The molecule has 2 aromatic carbocycles. The number of benzene rings is 2. The summed E-state index contributed by atoms with van der Waals surface area (Å²) in [4.78, 5) is 29.1. The Bertz CT molecular complexity index is 798. The minimum Gasteiger partial charge on any atom is -0.492 e. The normalized spacial score (nSPS) is 19.5. The average Bonchev–Trinajstić information content (AvgIpc) is 2.73. The van der Waals surface area contributed by atoms with Gasteiger partial charge >= 0.3 is 0 Å². The van der Waals surface area contributed by atoms with Crippen molar-refractivity contribution in [3.05, 3.63) is 65.7 Å². The molecule has 5 nitrogen and oxygen atoms in total. The first-order valence-corrected chi connectivity index (χ1v) is 9.06. The summed E-state index contributed by atoms with van der Waals surface area (Å²) in [7, 11) is 0. The minimum atomic E-state index is -0.138. The van der Waals surface area contributed by atoms with Crippen molar-refractivity contribution >= 4 is 11.8 Å². The Morgan fingerprint density at radius 3 is 2.27 bits per heavy atom. The summed E-state index contributed by atoms with van der Waals surface area (Å²) in [5, 5.41) is 0. The van der Waals surface area contributed by atoms with E-state index in [-0.39, 0.29) is 17.7 Å². The van der Waals surface area contributed by atoms with E-state index in [0.29, 0.717) is 38.3 Å². The highest BCUT2D eigenvalue weighted by Gasteiger charge is 2.32. The summed E-state index contributed by atoms with van der Waals surface area (Å²) in [6.07, 6.45) is 0.720. The Kier molecular flexibility index (Phi) is 4.61. The first kappa shape index (κ1) is 16.6. The molecule has 2 amide bonds. The lowest BCUT2D eigenvalue weighted by Gasteiger charge is -2.37. The minimum absolute atomic E-state index is 0.0348. The maximum atomic E-state index is 12.9. The number of nitrogens with zero attached hydrogens (tertiary/aromatic N) is 2. The van der Waals surface area contributed by atoms with Crippen LogP contribution >= 0.6 is 0 Å². The Hall–Kier alpha value is -2.82. The van der Waals surface area contributed by atoms with E-state index in [1.165, 1.54) is 0 Å². The number of rotatable bonds is 2. The van der Waals surface area contributed by atoms with Crippen LogP contribution in [0.15, 0.2) is 54.6 Å². The number of amides is 2. The molecule has 0 saturated carbocycles. The van der Waals surface area contributed by atoms with Crippen molar-refractivity contribution in [2.24, 2.45) is 5.92 Å². The van der Waals surface area contributed by atoms with Crippen molar-refractivity contribution in [3.63, 3.8) is 0 Å². The van der Waals surface area contributed by atoms with Crippen LogP contribution in [-0.2, 0) is 11.2 Å². The van der Waals surface area contributed by atoms with Crippen molar-refractivity contribution in [1.82, 2.24) is 9.80 Å². The molecule has 2 aliphatic heterocycles. The van der Waals surface area contributed by atoms with Crippen LogP contribution in [0.25, 0.3) is 0 Å². The van der Waals surface area contributed by atoms with Gasteiger partial charge in [-0.05, 0) is 30.2 Å². The van der Waals surface area contributed by atoms with E-state index in [2.05, 4.69) is 0 Å². The molecule has 0 spiro atoms. The van der Waals surface area contributed by atoms with Crippen molar-refractivity contribution < 1.29 is 14.3 Å². The second kappa shape index (κ2) is 7.20. The van der Waals surface area contributed by atoms with E-state index in [4.69, 9.17) is 4.74 Å². The highest BCUT2D eigenvalue weighted by molar-refractivity contribution is 5.94. The molecule has 26 heavy (non-hydrogen) atoms. The fourth-order valence-corrected chi connectivity index (χ4v) is 3.64. The zero-order valence-electron chi connectivity index (χ0n) is 14.6. The van der Waals surface area contributed by atoms with Gasteiger partial charge in [0.1, 0.15) is 12.4 Å². The molecule has 1 saturated heterocycles. The maximum absolute atomic E-state index is 12.9. The lowest BCUT2D eigenvalue weighted by atomic mass is 9.95. The van der Waals surface area contributed by atoms with Gasteiger partial charge in [0.15, 0.2) is 0 Å². The predicted octanol–water partition coefficient (Wildman–Crippen LogP) is 2.22. The molecular weight excluding hydrogens is 328 g/mol. The van der Waals surface area contributed by atoms with Crippen molar-refractivity contribution in [2.75, 3.05) is 32.8 Å². The molecule has 0 bridgehead atoms. The quantitative estimate of drug-likeness (QED) is 0.834. The molecule has 0 unspecified atom stereocenters. The third-order valence-electron chi connectivity index (χ3n) is 5.13. The topological polar surface area (TPSA) is 49.9 Å². The zero-order valence-corrected chi connectivity index (χ0v) is 14.6. The van der Waals surface area contributed by atoms with Gasteiger partial charge in [0.05, 0.1) is 5.92 Å². The highest BCUT2D eigenvalue weighted by Crippen LogP contribution is 2.28. The fraction of sp³-hybridized carbons (Fsp3) is 0.333. The van der Waals surface area contributed by atoms with Crippen molar-refractivity contribution in [1.29, 1.82) is 0 Å². The van der Waals surface area contributed by atoms with Gasteiger partial charge in [0, 0.05) is 31.7 Å². The largest absolute Gasteiger partial charge is 0.492 e. The van der Waals surface area contributed by atoms with Gasteiger partial charge in [-0.1, -0.05) is 36.4 Å². The second-order valence-electron chi connectivity index (χ2n) is 6.80. The van der Waals surface area contributed by atoms with E-state index >= 15 is 0 Å². The number of fused-ring (bicyclic) bond motifs is 1. The summed E-state index contributed by atoms with van der Waals surface area (Å²) in [6.45, 7) is 2.73. The molecule has 1 atom stereocenters. The van der Waals surface area contributed by atoms with Gasteiger partial charge in [-0.3, -0.25) is 9.59 Å². The summed E-state index contributed by atoms with van der Waals surface area (Å²) < 4.78 is 5.75. The Balaban J connectivity index is 1.35. The molecule has 134 valence electrons. The summed E-state index contributed by atoms with van der Waals surface area (Å²) in [5.41, 5.74) is 1.79. The van der Waals surface area contributed by atoms with E-state index in [9.17, 15) is 9.59 Å². The number of para-hydroxylation sites is 1. The van der Waals surface area contributed by atoms with E-state index in [1.807, 2.05) is 64.4 Å². The molecule has 2 aliphatic rings. The van der Waals surface area contributed by atoms with Crippen LogP contribution in [-0.4, -0.2) is 54.4 Å². The fourth-order valence-electron chi connectivity index (χ4n) is 3.64. The summed E-state index contributed by atoms with van der Waals surface area (Å²) in [5.74, 6) is 0.912. The Labute approximate surface area is 153 Å². The molecule has 1 fully saturated rings. The van der Waals surface area contributed by atoms with Crippen molar-refractivity contribution in [2.45, 2.75) is 6.42 Å². The van der Waals surface area contributed by atoms with E-state index < -0.39 is 0 Å². The molecule has 0 aromatic heterocycles. The summed E-state index contributed by atoms with van der Waals surface area (Å²) in [6, 6.07) is 17.2. The van der Waals surface area contributed by atoms with E-state index in [1.54, 1.807) is 0 Å². The van der Waals surface area contributed by atoms with Crippen molar-refractivity contribution in [3.8, 4) is 5.75 Å². The first-order valence-electron chi connectivity index (χ1n) is 9.06. The van der Waals surface area contributed by atoms with Gasteiger partial charge in [0.2, 0.25) is 5.91 Å². The molecule has 0 aliphatic carbocycles. The third kappa shape index (κ3) is 3.29. The molecule has 0 N–H and O–H groups in total. The standard InChI is InChI=1S/C21H22N2O3/c24-20(16-6-2-1-3-7-16)22-10-12-23(13-11-22)21(25)18-14-17-8-4-5-9-19(17)26-15-18/h1-9,18H,10-15H2/t18-/m1/s1. The van der Waals surface area contributed by atoms with Crippen LogP contribution in [0.1, 0.15) is 15.9 Å². The van der Waals surface area contributed by atoms with Gasteiger partial charge in [-0.25, -0.2) is 0 Å². The SMILES string of the molecule is O=C(c1ccccc1)N1CCN(C(=O)[C@H]2COc3ccccc3C2)CC1. The molecule has 4 rings (SSSR count). The number of carbonyl (C=O) groups excluding carboxylic acids is 2.